The van der Waals surface area contributed by atoms with Crippen LogP contribution in [0, 0.1) is 13.8 Å². The van der Waals surface area contributed by atoms with Crippen molar-refractivity contribution in [2.24, 2.45) is 0 Å². The van der Waals surface area contributed by atoms with E-state index in [0.717, 1.165) is 16.3 Å². The smallest absolute Gasteiger partial charge is 0.249 e. The third-order valence-electron chi connectivity index (χ3n) is 4.17. The number of hydrogen-bond acceptors (Lipinski definition) is 5. The molecule has 3 heterocycles. The average Bonchev–Trinajstić information content (AvgIpc) is 3.19. The van der Waals surface area contributed by atoms with Crippen molar-refractivity contribution in [3.8, 4) is 0 Å². The van der Waals surface area contributed by atoms with Gasteiger partial charge in [-0.3, -0.25) is 0 Å². The van der Waals surface area contributed by atoms with Crippen molar-refractivity contribution in [3.63, 3.8) is 0 Å². The summed E-state index contributed by atoms with van der Waals surface area (Å²) in [5.41, 5.74) is 2.35. The molecule has 2 unspecified atom stereocenters. The van der Waals surface area contributed by atoms with Gasteiger partial charge in [0.15, 0.2) is 5.76 Å². The first-order valence-electron chi connectivity index (χ1n) is 7.70. The van der Waals surface area contributed by atoms with Gasteiger partial charge in [0.2, 0.25) is 5.79 Å². The Morgan fingerprint density at radius 1 is 1.35 bits per heavy atom. The van der Waals surface area contributed by atoms with E-state index in [2.05, 4.69) is 36.1 Å². The Hall–Kier alpha value is -2.18. The summed E-state index contributed by atoms with van der Waals surface area (Å²) in [6.07, 6.45) is 4.91. The predicted molar refractivity (Wildman–Crippen MR) is 83.9 cm³/mol. The average molecular weight is 313 g/mol. The van der Waals surface area contributed by atoms with Crippen LogP contribution in [-0.2, 0) is 21.8 Å². The van der Waals surface area contributed by atoms with Gasteiger partial charge in [0.1, 0.15) is 19.2 Å². The van der Waals surface area contributed by atoms with Gasteiger partial charge in [-0.2, -0.15) is 5.10 Å². The van der Waals surface area contributed by atoms with E-state index in [4.69, 9.17) is 13.9 Å². The molecular weight excluding hydrogens is 294 g/mol. The molecule has 1 aliphatic rings. The van der Waals surface area contributed by atoms with Gasteiger partial charge < -0.3 is 13.9 Å². The maximum Gasteiger partial charge on any atom is 0.249 e. The summed E-state index contributed by atoms with van der Waals surface area (Å²) < 4.78 is 19.8. The first-order chi connectivity index (χ1) is 11.1. The SMILES string of the molecule is Cc1cc(C)c2c(C3(Cn4cncn4)OCC(C)O3)occ2c1. The largest absolute Gasteiger partial charge is 0.462 e. The standard InChI is InChI=1S/C17H19N3O3/c1-11-4-12(2)15-14(5-11)7-21-16(15)17(22-6-13(3)23-17)8-20-10-18-9-19-20/h4-5,7,9-10,13H,6,8H2,1-3H3. The normalized spacial score (nSPS) is 24.6. The molecule has 6 nitrogen and oxygen atoms in total. The summed E-state index contributed by atoms with van der Waals surface area (Å²) in [6.45, 7) is 7.06. The lowest BCUT2D eigenvalue weighted by molar-refractivity contribution is -0.197. The van der Waals surface area contributed by atoms with Crippen LogP contribution in [0.25, 0.3) is 10.8 Å². The Bertz CT molecular complexity index is 840. The number of fused-ring (bicyclic) bond motifs is 1. The number of furan rings is 1. The summed E-state index contributed by atoms with van der Waals surface area (Å²) in [5, 5.41) is 6.28. The lowest BCUT2D eigenvalue weighted by Gasteiger charge is -2.26. The first-order valence-corrected chi connectivity index (χ1v) is 7.70. The van der Waals surface area contributed by atoms with E-state index in [1.807, 2.05) is 6.92 Å². The molecule has 23 heavy (non-hydrogen) atoms. The molecule has 6 heteroatoms. The fourth-order valence-electron chi connectivity index (χ4n) is 3.31. The third-order valence-corrected chi connectivity index (χ3v) is 4.17. The van der Waals surface area contributed by atoms with E-state index in [0.29, 0.717) is 18.9 Å². The molecule has 120 valence electrons. The molecule has 1 aromatic carbocycles. The minimum atomic E-state index is -0.977. The van der Waals surface area contributed by atoms with Gasteiger partial charge in [-0.15, -0.1) is 0 Å². The lowest BCUT2D eigenvalue weighted by atomic mass is 10.0. The molecule has 0 radical (unpaired) electrons. The van der Waals surface area contributed by atoms with Crippen LogP contribution >= 0.6 is 0 Å². The summed E-state index contributed by atoms with van der Waals surface area (Å²) in [6, 6.07) is 4.25. The molecule has 0 aliphatic carbocycles. The first kappa shape index (κ1) is 14.4. The number of nitrogens with zero attached hydrogens (tertiary/aromatic N) is 3. The fourth-order valence-corrected chi connectivity index (χ4v) is 3.31. The van der Waals surface area contributed by atoms with Crippen LogP contribution in [0.1, 0.15) is 23.8 Å². The summed E-state index contributed by atoms with van der Waals surface area (Å²) >= 11 is 0. The van der Waals surface area contributed by atoms with E-state index >= 15 is 0 Å². The highest BCUT2D eigenvalue weighted by Crippen LogP contribution is 2.41. The highest BCUT2D eigenvalue weighted by Gasteiger charge is 2.46. The van der Waals surface area contributed by atoms with E-state index in [-0.39, 0.29) is 6.10 Å². The Morgan fingerprint density at radius 2 is 2.22 bits per heavy atom. The molecule has 0 N–H and O–H groups in total. The lowest BCUT2D eigenvalue weighted by Crippen LogP contribution is -2.33. The number of benzene rings is 1. The minimum absolute atomic E-state index is 0.00979. The van der Waals surface area contributed by atoms with E-state index in [9.17, 15) is 0 Å². The molecule has 2 aromatic heterocycles. The summed E-state index contributed by atoms with van der Waals surface area (Å²) in [5.74, 6) is -0.278. The zero-order valence-corrected chi connectivity index (χ0v) is 13.4. The van der Waals surface area contributed by atoms with Gasteiger partial charge in [0, 0.05) is 10.8 Å². The third kappa shape index (κ3) is 2.34. The van der Waals surface area contributed by atoms with Gasteiger partial charge in [-0.1, -0.05) is 11.6 Å². The number of ether oxygens (including phenoxy) is 2. The van der Waals surface area contributed by atoms with Crippen molar-refractivity contribution in [3.05, 3.63) is 47.9 Å². The number of aromatic nitrogens is 3. The van der Waals surface area contributed by atoms with Crippen molar-refractivity contribution < 1.29 is 13.9 Å². The number of aryl methyl sites for hydroxylation is 2. The van der Waals surface area contributed by atoms with Crippen LogP contribution in [0.5, 0.6) is 0 Å². The van der Waals surface area contributed by atoms with Crippen molar-refractivity contribution >= 4 is 10.8 Å². The molecule has 0 saturated carbocycles. The van der Waals surface area contributed by atoms with Crippen molar-refractivity contribution in [1.82, 2.24) is 14.8 Å². The van der Waals surface area contributed by atoms with Gasteiger partial charge in [0.05, 0.1) is 19.0 Å². The molecule has 1 fully saturated rings. The zero-order valence-electron chi connectivity index (χ0n) is 13.4. The topological polar surface area (TPSA) is 62.3 Å². The van der Waals surface area contributed by atoms with Crippen LogP contribution in [0.4, 0.5) is 0 Å². The highest BCUT2D eigenvalue weighted by molar-refractivity contribution is 5.88. The molecule has 0 amide bonds. The van der Waals surface area contributed by atoms with Crippen LogP contribution < -0.4 is 0 Å². The van der Waals surface area contributed by atoms with Crippen LogP contribution in [0.15, 0.2) is 35.5 Å². The van der Waals surface area contributed by atoms with Gasteiger partial charge in [-0.25, -0.2) is 9.67 Å². The molecule has 3 aromatic rings. The van der Waals surface area contributed by atoms with Crippen LogP contribution in [-0.4, -0.2) is 27.5 Å². The van der Waals surface area contributed by atoms with E-state index < -0.39 is 5.79 Å². The predicted octanol–water partition coefficient (Wildman–Crippen LogP) is 2.93. The van der Waals surface area contributed by atoms with Gasteiger partial charge in [0.25, 0.3) is 0 Å². The van der Waals surface area contributed by atoms with Gasteiger partial charge in [-0.05, 0) is 32.4 Å². The summed E-state index contributed by atoms with van der Waals surface area (Å²) in [4.78, 5) is 4.00. The Kier molecular flexibility index (Phi) is 3.25. The van der Waals surface area contributed by atoms with E-state index in [1.165, 1.54) is 11.9 Å². The van der Waals surface area contributed by atoms with Crippen molar-refractivity contribution in [2.45, 2.75) is 39.2 Å². The monoisotopic (exact) mass is 313 g/mol. The quantitative estimate of drug-likeness (QED) is 0.744. The molecular formula is C17H19N3O3. The fraction of sp³-hybridized carbons (Fsp3) is 0.412. The molecule has 2 atom stereocenters. The highest BCUT2D eigenvalue weighted by atomic mass is 16.8. The Balaban J connectivity index is 1.87. The van der Waals surface area contributed by atoms with Crippen molar-refractivity contribution in [2.75, 3.05) is 6.61 Å². The molecule has 1 saturated heterocycles. The maximum atomic E-state index is 6.16. The Labute approximate surface area is 134 Å². The van der Waals surface area contributed by atoms with Crippen LogP contribution in [0.3, 0.4) is 0 Å². The number of hydrogen-bond donors (Lipinski definition) is 0. The minimum Gasteiger partial charge on any atom is -0.462 e. The second kappa shape index (κ2) is 5.18. The molecule has 0 bridgehead atoms. The zero-order chi connectivity index (χ0) is 16.0. The molecule has 1 aliphatic heterocycles. The molecule has 0 spiro atoms. The number of rotatable bonds is 3. The second-order valence-corrected chi connectivity index (χ2v) is 6.20. The van der Waals surface area contributed by atoms with Crippen LogP contribution in [0.2, 0.25) is 0 Å². The molecule has 4 rings (SSSR count). The van der Waals surface area contributed by atoms with E-state index in [1.54, 1.807) is 17.3 Å². The second-order valence-electron chi connectivity index (χ2n) is 6.20. The Morgan fingerprint density at radius 3 is 2.91 bits per heavy atom. The van der Waals surface area contributed by atoms with Crippen molar-refractivity contribution in [1.29, 1.82) is 0 Å². The van der Waals surface area contributed by atoms with Gasteiger partial charge >= 0.3 is 0 Å². The summed E-state index contributed by atoms with van der Waals surface area (Å²) in [7, 11) is 0. The maximum absolute atomic E-state index is 6.16.